The molecule has 1 aliphatic rings. The van der Waals surface area contributed by atoms with Gasteiger partial charge >= 0.3 is 0 Å². The van der Waals surface area contributed by atoms with Gasteiger partial charge in [-0.1, -0.05) is 6.92 Å². The van der Waals surface area contributed by atoms with Gasteiger partial charge in [0.05, 0.1) is 0 Å². The van der Waals surface area contributed by atoms with Crippen molar-refractivity contribution in [3.63, 3.8) is 0 Å². The Labute approximate surface area is 69.0 Å². The maximum absolute atomic E-state index is 2.66. The Balaban J connectivity index is 2.45. The van der Waals surface area contributed by atoms with E-state index in [0.29, 0.717) is 5.54 Å². The summed E-state index contributed by atoms with van der Waals surface area (Å²) in [6.45, 7) is 7.00. The fourth-order valence-corrected chi connectivity index (χ4v) is 4.61. The Morgan fingerprint density at radius 2 is 1.80 bits per heavy atom. The topological polar surface area (TPSA) is 3.24 Å². The highest BCUT2D eigenvalue weighted by Gasteiger charge is 2.27. The zero-order valence-electron chi connectivity index (χ0n) is 7.07. The summed E-state index contributed by atoms with van der Waals surface area (Å²) in [7, 11) is 2.21. The minimum atomic E-state index is 0.480. The Bertz CT molecular complexity index is 108. The van der Waals surface area contributed by atoms with Gasteiger partial charge in [-0.3, -0.25) is 0 Å². The standard InChI is InChI=1S/C7H15NSi2/c1-4-7(2,3)8-9-5-6-10-8/h4-6H2,1-3H3. The maximum Gasteiger partial charge on any atom is 0.134 e. The molecule has 56 valence electrons. The second-order valence-corrected chi connectivity index (χ2v) is 6.29. The average molecular weight is 169 g/mol. The predicted molar refractivity (Wildman–Crippen MR) is 47.3 cm³/mol. The molecule has 1 fully saturated rings. The third-order valence-corrected chi connectivity index (χ3v) is 6.37. The normalized spacial score (nSPS) is 21.9. The summed E-state index contributed by atoms with van der Waals surface area (Å²) in [5, 5.41) is 0. The molecule has 0 aromatic carbocycles. The Hall–Kier alpha value is 0.394. The predicted octanol–water partition coefficient (Wildman–Crippen LogP) is 1.57. The first-order valence-corrected chi connectivity index (χ1v) is 6.25. The molecule has 1 saturated heterocycles. The van der Waals surface area contributed by atoms with Crippen LogP contribution in [0.15, 0.2) is 0 Å². The van der Waals surface area contributed by atoms with Gasteiger partial charge < -0.3 is 4.23 Å². The molecular formula is C7H15NSi2. The molecule has 10 heavy (non-hydrogen) atoms. The monoisotopic (exact) mass is 169 g/mol. The molecule has 3 heteroatoms. The van der Waals surface area contributed by atoms with Crippen LogP contribution in [0.1, 0.15) is 27.2 Å². The Morgan fingerprint density at radius 3 is 2.20 bits per heavy atom. The SMILES string of the molecule is CCC(C)(C)N1[Si]CC[Si]1. The van der Waals surface area contributed by atoms with Crippen LogP contribution in [0.25, 0.3) is 0 Å². The Morgan fingerprint density at radius 1 is 1.30 bits per heavy atom. The minimum Gasteiger partial charge on any atom is -0.344 e. The first-order chi connectivity index (χ1) is 4.67. The van der Waals surface area contributed by atoms with Crippen LogP contribution in [0, 0.1) is 0 Å². The van der Waals surface area contributed by atoms with Crippen molar-refractivity contribution in [3.8, 4) is 0 Å². The van der Waals surface area contributed by atoms with Crippen LogP contribution in [0.5, 0.6) is 0 Å². The number of rotatable bonds is 2. The van der Waals surface area contributed by atoms with Crippen LogP contribution in [-0.2, 0) is 0 Å². The van der Waals surface area contributed by atoms with Crippen molar-refractivity contribution < 1.29 is 0 Å². The fraction of sp³-hybridized carbons (Fsp3) is 1.00. The van der Waals surface area contributed by atoms with Gasteiger partial charge in [0.2, 0.25) is 0 Å². The van der Waals surface area contributed by atoms with Gasteiger partial charge in [0.15, 0.2) is 0 Å². The van der Waals surface area contributed by atoms with E-state index >= 15 is 0 Å². The molecule has 0 bridgehead atoms. The quantitative estimate of drug-likeness (QED) is 0.567. The number of nitrogens with zero attached hydrogens (tertiary/aromatic N) is 1. The van der Waals surface area contributed by atoms with Crippen molar-refractivity contribution in [3.05, 3.63) is 0 Å². The van der Waals surface area contributed by atoms with Crippen molar-refractivity contribution in [1.82, 2.24) is 4.23 Å². The molecule has 0 aliphatic carbocycles. The van der Waals surface area contributed by atoms with Crippen LogP contribution >= 0.6 is 0 Å². The summed E-state index contributed by atoms with van der Waals surface area (Å²) < 4.78 is 2.66. The van der Waals surface area contributed by atoms with E-state index < -0.39 is 0 Å². The molecule has 1 rings (SSSR count). The zero-order valence-corrected chi connectivity index (χ0v) is 9.07. The van der Waals surface area contributed by atoms with Gasteiger partial charge in [0.25, 0.3) is 0 Å². The molecule has 0 amide bonds. The first-order valence-electron chi connectivity index (χ1n) is 3.94. The summed E-state index contributed by atoms with van der Waals surface area (Å²) in [5.74, 6) is 0. The van der Waals surface area contributed by atoms with Crippen LogP contribution in [0.2, 0.25) is 12.1 Å². The highest BCUT2D eigenvalue weighted by atomic mass is 28.3. The van der Waals surface area contributed by atoms with Crippen molar-refractivity contribution >= 4 is 19.4 Å². The third-order valence-electron chi connectivity index (χ3n) is 2.14. The van der Waals surface area contributed by atoms with E-state index in [9.17, 15) is 0 Å². The highest BCUT2D eigenvalue weighted by Crippen LogP contribution is 2.21. The van der Waals surface area contributed by atoms with Crippen LogP contribution in [-0.4, -0.2) is 29.1 Å². The first kappa shape index (κ1) is 8.49. The molecule has 1 heterocycles. The van der Waals surface area contributed by atoms with E-state index in [1.807, 2.05) is 0 Å². The fourth-order valence-electron chi connectivity index (χ4n) is 0.977. The lowest BCUT2D eigenvalue weighted by molar-refractivity contribution is 0.333. The molecule has 0 spiro atoms. The van der Waals surface area contributed by atoms with Crippen molar-refractivity contribution in [2.45, 2.75) is 44.8 Å². The van der Waals surface area contributed by atoms with E-state index in [2.05, 4.69) is 25.0 Å². The summed E-state index contributed by atoms with van der Waals surface area (Å²) >= 11 is 0. The van der Waals surface area contributed by atoms with Crippen LogP contribution in [0.3, 0.4) is 0 Å². The zero-order chi connectivity index (χ0) is 7.61. The third kappa shape index (κ3) is 1.71. The highest BCUT2D eigenvalue weighted by molar-refractivity contribution is 6.56. The van der Waals surface area contributed by atoms with E-state index in [-0.39, 0.29) is 0 Å². The van der Waals surface area contributed by atoms with Crippen molar-refractivity contribution in [2.24, 2.45) is 0 Å². The van der Waals surface area contributed by atoms with E-state index in [1.54, 1.807) is 0 Å². The van der Waals surface area contributed by atoms with Gasteiger partial charge in [-0.05, 0) is 32.4 Å². The number of hydrogen-bond acceptors (Lipinski definition) is 1. The number of hydrogen-bond donors (Lipinski definition) is 0. The van der Waals surface area contributed by atoms with Gasteiger partial charge in [-0.25, -0.2) is 0 Å². The molecule has 0 aromatic heterocycles. The van der Waals surface area contributed by atoms with Crippen molar-refractivity contribution in [1.29, 1.82) is 0 Å². The molecule has 0 saturated carbocycles. The maximum atomic E-state index is 2.66. The van der Waals surface area contributed by atoms with Gasteiger partial charge in [-0.15, -0.1) is 0 Å². The Kier molecular flexibility index (Phi) is 2.71. The minimum absolute atomic E-state index is 0.480. The molecule has 4 radical (unpaired) electrons. The van der Waals surface area contributed by atoms with E-state index in [1.165, 1.54) is 18.5 Å². The molecule has 0 aromatic rings. The van der Waals surface area contributed by atoms with Gasteiger partial charge in [0, 0.05) is 5.54 Å². The molecule has 0 atom stereocenters. The molecule has 0 N–H and O–H groups in total. The largest absolute Gasteiger partial charge is 0.344 e. The van der Waals surface area contributed by atoms with Gasteiger partial charge in [0.1, 0.15) is 19.4 Å². The summed E-state index contributed by atoms with van der Waals surface area (Å²) in [4.78, 5) is 0. The second-order valence-electron chi connectivity index (χ2n) is 3.32. The lowest BCUT2D eigenvalue weighted by Crippen LogP contribution is -2.44. The van der Waals surface area contributed by atoms with E-state index in [4.69, 9.17) is 0 Å². The molecular weight excluding hydrogens is 154 g/mol. The van der Waals surface area contributed by atoms with Crippen LogP contribution in [0.4, 0.5) is 0 Å². The molecule has 1 aliphatic heterocycles. The lowest BCUT2D eigenvalue weighted by Gasteiger charge is -2.34. The second kappa shape index (κ2) is 3.19. The van der Waals surface area contributed by atoms with Crippen LogP contribution < -0.4 is 0 Å². The average Bonchev–Trinajstić information content (AvgIpc) is 2.38. The molecule has 0 unspecified atom stereocenters. The molecule has 1 nitrogen and oxygen atoms in total. The summed E-state index contributed by atoms with van der Waals surface area (Å²) in [5.41, 5.74) is 0.480. The van der Waals surface area contributed by atoms with Crippen molar-refractivity contribution in [2.75, 3.05) is 0 Å². The summed E-state index contributed by atoms with van der Waals surface area (Å²) in [6, 6.07) is 2.89. The summed E-state index contributed by atoms with van der Waals surface area (Å²) in [6.07, 6.45) is 1.28. The lowest BCUT2D eigenvalue weighted by atomic mass is 10.0. The van der Waals surface area contributed by atoms with Gasteiger partial charge in [-0.2, -0.15) is 0 Å². The smallest absolute Gasteiger partial charge is 0.134 e. The van der Waals surface area contributed by atoms with E-state index in [0.717, 1.165) is 19.4 Å².